The van der Waals surface area contributed by atoms with Gasteiger partial charge in [-0.25, -0.2) is 0 Å². The predicted octanol–water partition coefficient (Wildman–Crippen LogP) is 4.64. The second-order valence-electron chi connectivity index (χ2n) is 4.84. The zero-order valence-corrected chi connectivity index (χ0v) is 13.3. The molecule has 22 heavy (non-hydrogen) atoms. The minimum Gasteiger partial charge on any atom is -0.451 e. The molecule has 110 valence electrons. The third kappa shape index (κ3) is 3.46. The van der Waals surface area contributed by atoms with Crippen molar-refractivity contribution >= 4 is 21.8 Å². The summed E-state index contributed by atoms with van der Waals surface area (Å²) >= 11 is 3.39. The molecular formula is C18H14BrNO2. The van der Waals surface area contributed by atoms with E-state index in [1.807, 2.05) is 54.6 Å². The first-order valence-corrected chi connectivity index (χ1v) is 7.69. The van der Waals surface area contributed by atoms with Crippen molar-refractivity contribution in [2.75, 3.05) is 0 Å². The van der Waals surface area contributed by atoms with Crippen LogP contribution in [-0.2, 0) is 6.54 Å². The maximum atomic E-state index is 12.1. The molecule has 0 spiro atoms. The molecule has 0 radical (unpaired) electrons. The Morgan fingerprint density at radius 3 is 2.41 bits per heavy atom. The molecule has 0 saturated heterocycles. The van der Waals surface area contributed by atoms with Crippen molar-refractivity contribution in [1.82, 2.24) is 5.32 Å². The average Bonchev–Trinajstić information content (AvgIpc) is 3.04. The summed E-state index contributed by atoms with van der Waals surface area (Å²) in [5.41, 5.74) is 1.99. The van der Waals surface area contributed by atoms with E-state index in [9.17, 15) is 4.79 Å². The highest BCUT2D eigenvalue weighted by molar-refractivity contribution is 9.10. The van der Waals surface area contributed by atoms with Gasteiger partial charge in [0.25, 0.3) is 5.91 Å². The number of rotatable bonds is 4. The van der Waals surface area contributed by atoms with Crippen molar-refractivity contribution in [3.63, 3.8) is 0 Å². The molecule has 0 atom stereocenters. The molecule has 0 fully saturated rings. The largest absolute Gasteiger partial charge is 0.451 e. The van der Waals surface area contributed by atoms with Gasteiger partial charge in [0.1, 0.15) is 5.76 Å². The topological polar surface area (TPSA) is 42.2 Å². The fourth-order valence-electron chi connectivity index (χ4n) is 2.09. The number of furan rings is 1. The lowest BCUT2D eigenvalue weighted by Crippen LogP contribution is -2.22. The Bertz CT molecular complexity index is 763. The van der Waals surface area contributed by atoms with Crippen LogP contribution in [0.15, 0.2) is 75.6 Å². The van der Waals surface area contributed by atoms with E-state index in [-0.39, 0.29) is 5.91 Å². The van der Waals surface area contributed by atoms with Crippen molar-refractivity contribution in [3.05, 3.63) is 82.5 Å². The fourth-order valence-corrected chi connectivity index (χ4v) is 2.36. The number of hydrogen-bond donors (Lipinski definition) is 1. The SMILES string of the molecule is O=C(NCc1ccccc1)c1ccc(-c2ccc(Br)cc2)o1. The van der Waals surface area contributed by atoms with Crippen LogP contribution in [0.4, 0.5) is 0 Å². The number of nitrogens with one attached hydrogen (secondary N) is 1. The van der Waals surface area contributed by atoms with Crippen LogP contribution in [0.2, 0.25) is 0 Å². The molecule has 3 rings (SSSR count). The van der Waals surface area contributed by atoms with Crippen molar-refractivity contribution < 1.29 is 9.21 Å². The highest BCUT2D eigenvalue weighted by atomic mass is 79.9. The van der Waals surface area contributed by atoms with Crippen LogP contribution in [0.25, 0.3) is 11.3 Å². The van der Waals surface area contributed by atoms with E-state index in [2.05, 4.69) is 21.2 Å². The molecule has 3 aromatic rings. The van der Waals surface area contributed by atoms with Crippen molar-refractivity contribution in [2.24, 2.45) is 0 Å². The van der Waals surface area contributed by atoms with Gasteiger partial charge in [-0.1, -0.05) is 58.4 Å². The van der Waals surface area contributed by atoms with E-state index in [0.29, 0.717) is 18.1 Å². The van der Waals surface area contributed by atoms with Gasteiger partial charge in [-0.2, -0.15) is 0 Å². The van der Waals surface area contributed by atoms with Crippen LogP contribution in [-0.4, -0.2) is 5.91 Å². The van der Waals surface area contributed by atoms with E-state index >= 15 is 0 Å². The van der Waals surface area contributed by atoms with E-state index in [0.717, 1.165) is 15.6 Å². The van der Waals surface area contributed by atoms with Gasteiger partial charge < -0.3 is 9.73 Å². The van der Waals surface area contributed by atoms with E-state index in [1.165, 1.54) is 0 Å². The molecule has 0 saturated carbocycles. The Kier molecular flexibility index (Phi) is 4.39. The Morgan fingerprint density at radius 1 is 0.955 bits per heavy atom. The number of benzene rings is 2. The summed E-state index contributed by atoms with van der Waals surface area (Å²) in [6, 6.07) is 21.0. The predicted molar refractivity (Wildman–Crippen MR) is 89.5 cm³/mol. The minimum atomic E-state index is -0.216. The normalized spacial score (nSPS) is 10.4. The summed E-state index contributed by atoms with van der Waals surface area (Å²) in [6.07, 6.45) is 0. The Hall–Kier alpha value is -2.33. The van der Waals surface area contributed by atoms with Crippen LogP contribution in [0.3, 0.4) is 0 Å². The highest BCUT2D eigenvalue weighted by Crippen LogP contribution is 2.24. The summed E-state index contributed by atoms with van der Waals surface area (Å²) < 4.78 is 6.64. The number of halogens is 1. The quantitative estimate of drug-likeness (QED) is 0.740. The molecule has 0 aliphatic heterocycles. The Labute approximate surface area is 137 Å². The molecule has 0 aliphatic carbocycles. The second kappa shape index (κ2) is 6.62. The number of carbonyl (C=O) groups excluding carboxylic acids is 1. The van der Waals surface area contributed by atoms with E-state index < -0.39 is 0 Å². The van der Waals surface area contributed by atoms with Crippen molar-refractivity contribution in [2.45, 2.75) is 6.54 Å². The van der Waals surface area contributed by atoms with Gasteiger partial charge in [-0.05, 0) is 29.8 Å². The second-order valence-corrected chi connectivity index (χ2v) is 5.75. The molecule has 0 unspecified atom stereocenters. The number of hydrogen-bond acceptors (Lipinski definition) is 2. The average molecular weight is 356 g/mol. The van der Waals surface area contributed by atoms with Crippen molar-refractivity contribution in [3.8, 4) is 11.3 Å². The molecule has 2 aromatic carbocycles. The molecule has 4 heteroatoms. The van der Waals surface area contributed by atoms with E-state index in [1.54, 1.807) is 12.1 Å². The summed E-state index contributed by atoms with van der Waals surface area (Å²) in [4.78, 5) is 12.1. The third-order valence-electron chi connectivity index (χ3n) is 3.25. The summed E-state index contributed by atoms with van der Waals surface area (Å²) in [6.45, 7) is 0.480. The van der Waals surface area contributed by atoms with Gasteiger partial charge in [0, 0.05) is 16.6 Å². The first-order chi connectivity index (χ1) is 10.7. The van der Waals surface area contributed by atoms with Crippen LogP contribution in [0.1, 0.15) is 16.1 Å². The maximum absolute atomic E-state index is 12.1. The zero-order valence-electron chi connectivity index (χ0n) is 11.8. The fraction of sp³-hybridized carbons (Fsp3) is 0.0556. The minimum absolute atomic E-state index is 0.216. The smallest absolute Gasteiger partial charge is 0.287 e. The van der Waals surface area contributed by atoms with Crippen LogP contribution >= 0.6 is 15.9 Å². The van der Waals surface area contributed by atoms with Crippen molar-refractivity contribution in [1.29, 1.82) is 0 Å². The molecule has 1 aromatic heterocycles. The maximum Gasteiger partial charge on any atom is 0.287 e. The van der Waals surface area contributed by atoms with Gasteiger partial charge in [0.05, 0.1) is 0 Å². The standard InChI is InChI=1S/C18H14BrNO2/c19-15-8-6-14(7-9-15)16-10-11-17(22-16)18(21)20-12-13-4-2-1-3-5-13/h1-11H,12H2,(H,20,21). The van der Waals surface area contributed by atoms with E-state index in [4.69, 9.17) is 4.42 Å². The zero-order chi connectivity index (χ0) is 15.4. The first kappa shape index (κ1) is 14.6. The van der Waals surface area contributed by atoms with Gasteiger partial charge in [0.2, 0.25) is 0 Å². The van der Waals surface area contributed by atoms with Crippen LogP contribution < -0.4 is 5.32 Å². The summed E-state index contributed by atoms with van der Waals surface area (Å²) in [5.74, 6) is 0.776. The molecule has 0 aliphatic rings. The molecule has 3 nitrogen and oxygen atoms in total. The number of amides is 1. The third-order valence-corrected chi connectivity index (χ3v) is 3.78. The number of carbonyl (C=O) groups is 1. The molecule has 1 amide bonds. The molecule has 1 heterocycles. The summed E-state index contributed by atoms with van der Waals surface area (Å²) in [7, 11) is 0. The Balaban J connectivity index is 1.68. The lowest BCUT2D eigenvalue weighted by Gasteiger charge is -2.03. The lowest BCUT2D eigenvalue weighted by atomic mass is 10.2. The summed E-state index contributed by atoms with van der Waals surface area (Å²) in [5, 5.41) is 2.85. The molecular weight excluding hydrogens is 342 g/mol. The Morgan fingerprint density at radius 2 is 1.68 bits per heavy atom. The molecule has 0 bridgehead atoms. The van der Waals surface area contributed by atoms with Gasteiger partial charge in [-0.3, -0.25) is 4.79 Å². The van der Waals surface area contributed by atoms with Crippen LogP contribution in [0.5, 0.6) is 0 Å². The van der Waals surface area contributed by atoms with Gasteiger partial charge in [0.15, 0.2) is 5.76 Å². The molecule has 1 N–H and O–H groups in total. The van der Waals surface area contributed by atoms with Crippen LogP contribution in [0, 0.1) is 0 Å². The first-order valence-electron chi connectivity index (χ1n) is 6.90. The lowest BCUT2D eigenvalue weighted by molar-refractivity contribution is 0.0924. The van der Waals surface area contributed by atoms with Gasteiger partial charge in [-0.15, -0.1) is 0 Å². The highest BCUT2D eigenvalue weighted by Gasteiger charge is 2.11. The van der Waals surface area contributed by atoms with Gasteiger partial charge >= 0.3 is 0 Å². The monoisotopic (exact) mass is 355 g/mol.